The number of fused-ring (bicyclic) bond motifs is 1. The fourth-order valence-corrected chi connectivity index (χ4v) is 7.19. The molecule has 8 heteroatoms. The molecule has 2 heterocycles. The van der Waals surface area contributed by atoms with E-state index in [1.807, 2.05) is 35.2 Å². The monoisotopic (exact) mass is 591 g/mol. The van der Waals surface area contributed by atoms with Crippen LogP contribution in [0.4, 0.5) is 8.78 Å². The van der Waals surface area contributed by atoms with Gasteiger partial charge in [0.05, 0.1) is 16.6 Å². The van der Waals surface area contributed by atoms with Gasteiger partial charge in [-0.05, 0) is 123 Å². The number of nitrogens with zero attached hydrogens (tertiary/aromatic N) is 2. The fraction of sp³-hybridized carbons (Fsp3) is 0.412. The third-order valence-electron chi connectivity index (χ3n) is 9.46. The van der Waals surface area contributed by atoms with E-state index in [0.29, 0.717) is 12.0 Å². The minimum Gasteiger partial charge on any atom is -0.345 e. The highest BCUT2D eigenvalue weighted by Crippen LogP contribution is 2.41. The highest BCUT2D eigenvalue weighted by atomic mass is 35.5. The third-order valence-corrected chi connectivity index (χ3v) is 9.78. The second-order valence-corrected chi connectivity index (χ2v) is 12.5. The molecule has 6 rings (SSSR count). The second kappa shape index (κ2) is 12.1. The maximum atomic E-state index is 14.3. The van der Waals surface area contributed by atoms with Gasteiger partial charge in [0, 0.05) is 18.7 Å². The molecule has 2 saturated heterocycles. The minimum absolute atomic E-state index is 0.0329. The standard InChI is InChI=1S/C34H36ClF2N3O2/c35-28-4-1-5-29(37)31(28)32(41)38-30-13-10-24-8-9-25(21-27(24)30)33(42)40-20-16-34(22-40)14-18-39(19-15-34)17-2-3-23-6-11-26(36)12-7-23/h1,4-9,11-12,21,30H,2-3,10,13-20,22H2,(H,38,41). The van der Waals surface area contributed by atoms with E-state index in [0.717, 1.165) is 82.4 Å². The van der Waals surface area contributed by atoms with Crippen LogP contribution in [0.1, 0.15) is 75.6 Å². The normalized spacial score (nSPS) is 19.7. The van der Waals surface area contributed by atoms with Crippen LogP contribution in [-0.4, -0.2) is 54.3 Å². The van der Waals surface area contributed by atoms with E-state index in [1.165, 1.54) is 35.9 Å². The van der Waals surface area contributed by atoms with Crippen molar-refractivity contribution in [1.82, 2.24) is 15.1 Å². The van der Waals surface area contributed by atoms with Crippen LogP contribution in [0.25, 0.3) is 0 Å². The molecule has 1 spiro atoms. The van der Waals surface area contributed by atoms with Gasteiger partial charge in [-0.2, -0.15) is 0 Å². The second-order valence-electron chi connectivity index (χ2n) is 12.1. The van der Waals surface area contributed by atoms with E-state index >= 15 is 0 Å². The van der Waals surface area contributed by atoms with Crippen LogP contribution in [0.2, 0.25) is 5.02 Å². The summed E-state index contributed by atoms with van der Waals surface area (Å²) in [7, 11) is 0. The number of hydrogen-bond donors (Lipinski definition) is 1. The number of piperidine rings is 1. The Morgan fingerprint density at radius 1 is 0.976 bits per heavy atom. The van der Waals surface area contributed by atoms with Gasteiger partial charge in [-0.15, -0.1) is 0 Å². The highest BCUT2D eigenvalue weighted by molar-refractivity contribution is 6.33. The maximum Gasteiger partial charge on any atom is 0.256 e. The van der Waals surface area contributed by atoms with Crippen molar-refractivity contribution in [2.45, 2.75) is 51.0 Å². The average Bonchev–Trinajstić information content (AvgIpc) is 3.59. The summed E-state index contributed by atoms with van der Waals surface area (Å²) in [5.74, 6) is -1.36. The zero-order valence-corrected chi connectivity index (χ0v) is 24.4. The molecule has 0 bridgehead atoms. The van der Waals surface area contributed by atoms with E-state index in [4.69, 9.17) is 11.6 Å². The molecule has 42 heavy (non-hydrogen) atoms. The van der Waals surface area contributed by atoms with E-state index in [-0.39, 0.29) is 33.8 Å². The van der Waals surface area contributed by atoms with E-state index in [2.05, 4.69) is 10.2 Å². The summed E-state index contributed by atoms with van der Waals surface area (Å²) in [6.07, 6.45) is 6.68. The molecular weight excluding hydrogens is 556 g/mol. The number of likely N-dealkylation sites (tertiary alicyclic amines) is 2. The van der Waals surface area contributed by atoms with Gasteiger partial charge in [0.1, 0.15) is 11.6 Å². The first-order valence-corrected chi connectivity index (χ1v) is 15.3. The van der Waals surface area contributed by atoms with Crippen LogP contribution < -0.4 is 5.32 Å². The predicted octanol–water partition coefficient (Wildman–Crippen LogP) is 6.60. The molecule has 2 aliphatic heterocycles. The maximum absolute atomic E-state index is 14.3. The first kappa shape index (κ1) is 28.8. The van der Waals surface area contributed by atoms with Crippen LogP contribution in [0, 0.1) is 17.0 Å². The number of nitrogens with one attached hydrogen (secondary N) is 1. The molecule has 1 N–H and O–H groups in total. The lowest BCUT2D eigenvalue weighted by atomic mass is 9.77. The number of hydrogen-bond acceptors (Lipinski definition) is 3. The molecule has 2 amide bonds. The fourth-order valence-electron chi connectivity index (χ4n) is 6.94. The number of halogens is 3. The average molecular weight is 592 g/mol. The van der Waals surface area contributed by atoms with Crippen LogP contribution in [0.3, 0.4) is 0 Å². The summed E-state index contributed by atoms with van der Waals surface area (Å²) in [4.78, 5) is 31.0. The molecule has 2 fully saturated rings. The van der Waals surface area contributed by atoms with Crippen molar-refractivity contribution in [3.8, 4) is 0 Å². The Morgan fingerprint density at radius 3 is 2.50 bits per heavy atom. The summed E-state index contributed by atoms with van der Waals surface area (Å²) in [5, 5.41) is 3.01. The van der Waals surface area contributed by atoms with Gasteiger partial charge in [-0.1, -0.05) is 35.9 Å². The number of carbonyl (C=O) groups excluding carboxylic acids is 2. The molecule has 0 radical (unpaired) electrons. The van der Waals surface area contributed by atoms with Gasteiger partial charge in [0.2, 0.25) is 0 Å². The molecule has 1 atom stereocenters. The zero-order valence-electron chi connectivity index (χ0n) is 23.7. The van der Waals surface area contributed by atoms with Gasteiger partial charge < -0.3 is 15.1 Å². The number of rotatable bonds is 7. The quantitative estimate of drug-likeness (QED) is 0.337. The summed E-state index contributed by atoms with van der Waals surface area (Å²) < 4.78 is 27.5. The summed E-state index contributed by atoms with van der Waals surface area (Å²) >= 11 is 6.10. The van der Waals surface area contributed by atoms with Crippen LogP contribution in [0.5, 0.6) is 0 Å². The Hall–Kier alpha value is -3.29. The molecule has 3 aromatic carbocycles. The van der Waals surface area contributed by atoms with Gasteiger partial charge >= 0.3 is 0 Å². The van der Waals surface area contributed by atoms with Crippen LogP contribution in [0.15, 0.2) is 60.7 Å². The lowest BCUT2D eigenvalue weighted by Crippen LogP contribution is -2.42. The predicted molar refractivity (Wildman–Crippen MR) is 160 cm³/mol. The Kier molecular flexibility index (Phi) is 8.33. The first-order chi connectivity index (χ1) is 20.3. The largest absolute Gasteiger partial charge is 0.345 e. The van der Waals surface area contributed by atoms with Crippen molar-refractivity contribution in [3.05, 3.63) is 105 Å². The summed E-state index contributed by atoms with van der Waals surface area (Å²) in [5.41, 5.74) is 3.85. The molecule has 220 valence electrons. The van der Waals surface area contributed by atoms with Crippen molar-refractivity contribution in [3.63, 3.8) is 0 Å². The van der Waals surface area contributed by atoms with Crippen LogP contribution in [-0.2, 0) is 12.8 Å². The van der Waals surface area contributed by atoms with Crippen LogP contribution >= 0.6 is 11.6 Å². The van der Waals surface area contributed by atoms with Crippen molar-refractivity contribution in [1.29, 1.82) is 0 Å². The lowest BCUT2D eigenvalue weighted by Gasteiger charge is -2.39. The topological polar surface area (TPSA) is 52.7 Å². The van der Waals surface area contributed by atoms with Crippen molar-refractivity contribution >= 4 is 23.4 Å². The van der Waals surface area contributed by atoms with Crippen molar-refractivity contribution < 1.29 is 18.4 Å². The zero-order chi connectivity index (χ0) is 29.3. The Balaban J connectivity index is 1.03. The van der Waals surface area contributed by atoms with E-state index in [9.17, 15) is 18.4 Å². The Labute approximate surface area is 250 Å². The van der Waals surface area contributed by atoms with E-state index in [1.54, 1.807) is 0 Å². The molecule has 1 aliphatic carbocycles. The van der Waals surface area contributed by atoms with Gasteiger partial charge in [-0.25, -0.2) is 8.78 Å². The molecule has 0 aromatic heterocycles. The first-order valence-electron chi connectivity index (χ1n) is 14.9. The number of benzene rings is 3. The number of amides is 2. The highest BCUT2D eigenvalue weighted by Gasteiger charge is 2.42. The number of carbonyl (C=O) groups is 2. The summed E-state index contributed by atoms with van der Waals surface area (Å²) in [6, 6.07) is 16.5. The Bertz CT molecular complexity index is 1450. The minimum atomic E-state index is -0.652. The Morgan fingerprint density at radius 2 is 1.74 bits per heavy atom. The molecular formula is C34H36ClF2N3O2. The van der Waals surface area contributed by atoms with Gasteiger partial charge in [-0.3, -0.25) is 9.59 Å². The van der Waals surface area contributed by atoms with Gasteiger partial charge in [0.25, 0.3) is 11.8 Å². The smallest absolute Gasteiger partial charge is 0.256 e. The molecule has 5 nitrogen and oxygen atoms in total. The van der Waals surface area contributed by atoms with Crippen molar-refractivity contribution in [2.75, 3.05) is 32.7 Å². The van der Waals surface area contributed by atoms with E-state index < -0.39 is 11.7 Å². The molecule has 3 aromatic rings. The number of aryl methyl sites for hydroxylation is 2. The lowest BCUT2D eigenvalue weighted by molar-refractivity contribution is 0.0719. The summed E-state index contributed by atoms with van der Waals surface area (Å²) in [6.45, 7) is 4.65. The third kappa shape index (κ3) is 6.09. The van der Waals surface area contributed by atoms with Crippen molar-refractivity contribution in [2.24, 2.45) is 5.41 Å². The molecule has 1 unspecified atom stereocenters. The SMILES string of the molecule is O=C(NC1CCc2ccc(C(=O)N3CCC4(CCN(CCCc5ccc(F)cc5)CC4)C3)cc21)c1c(F)cccc1Cl. The molecule has 0 saturated carbocycles. The van der Waals surface area contributed by atoms with Gasteiger partial charge in [0.15, 0.2) is 0 Å². The molecule has 3 aliphatic rings.